The Morgan fingerprint density at radius 1 is 1.05 bits per heavy atom. The number of hydrogen-bond acceptors (Lipinski definition) is 7. The summed E-state index contributed by atoms with van der Waals surface area (Å²) in [6, 6.07) is 15.7. The number of benzene rings is 3. The Hall–Kier alpha value is -4.77. The third kappa shape index (κ3) is 5.23. The van der Waals surface area contributed by atoms with Crippen LogP contribution >= 0.6 is 0 Å². The first-order chi connectivity index (χ1) is 19.2. The molecule has 0 spiro atoms. The van der Waals surface area contributed by atoms with E-state index in [9.17, 15) is 22.8 Å². The molecular formula is C29H23F3N4O4. The number of carbonyl (C=O) groups is 1. The second-order valence-electron chi connectivity index (χ2n) is 9.13. The van der Waals surface area contributed by atoms with Gasteiger partial charge in [-0.1, -0.05) is 18.2 Å². The number of alkyl halides is 3. The topological polar surface area (TPSA) is 110 Å². The minimum Gasteiger partial charge on any atom is -0.444 e. The zero-order valence-corrected chi connectivity index (χ0v) is 21.2. The summed E-state index contributed by atoms with van der Waals surface area (Å²) in [5.41, 5.74) is 1.06. The van der Waals surface area contributed by atoms with Crippen LogP contribution in [0.5, 0.6) is 0 Å². The molecule has 0 unspecified atom stereocenters. The summed E-state index contributed by atoms with van der Waals surface area (Å²) >= 11 is 0. The van der Waals surface area contributed by atoms with Gasteiger partial charge in [0.25, 0.3) is 11.3 Å². The zero-order valence-electron chi connectivity index (χ0n) is 21.2. The number of Topliss-reactive ketones (excluding diaryl/α,β-unsaturated/α-hetero) is 1. The van der Waals surface area contributed by atoms with Gasteiger partial charge in [-0.3, -0.25) is 9.59 Å². The number of anilines is 1. The molecule has 0 saturated heterocycles. The van der Waals surface area contributed by atoms with Crippen LogP contribution in [0.1, 0.15) is 22.3 Å². The number of aromatic nitrogens is 3. The van der Waals surface area contributed by atoms with E-state index in [1.54, 1.807) is 36.5 Å². The van der Waals surface area contributed by atoms with E-state index in [2.05, 4.69) is 15.4 Å². The molecule has 0 radical (unpaired) electrons. The fourth-order valence-electron chi connectivity index (χ4n) is 4.46. The molecule has 5 rings (SSSR count). The molecule has 0 aliphatic rings. The van der Waals surface area contributed by atoms with Crippen molar-refractivity contribution in [2.45, 2.75) is 19.5 Å². The van der Waals surface area contributed by atoms with Crippen LogP contribution in [0.4, 0.5) is 18.9 Å². The smallest absolute Gasteiger partial charge is 0.444 e. The predicted molar refractivity (Wildman–Crippen MR) is 144 cm³/mol. The third-order valence-electron chi connectivity index (χ3n) is 6.26. The maximum atomic E-state index is 13.7. The van der Waals surface area contributed by atoms with E-state index in [4.69, 9.17) is 9.52 Å². The van der Waals surface area contributed by atoms with Crippen LogP contribution in [0.2, 0.25) is 0 Å². The summed E-state index contributed by atoms with van der Waals surface area (Å²) < 4.78 is 47.0. The molecule has 3 aromatic carbocycles. The summed E-state index contributed by atoms with van der Waals surface area (Å²) in [5, 5.41) is 17.3. The summed E-state index contributed by atoms with van der Waals surface area (Å²) in [4.78, 5) is 30.1. The second-order valence-corrected chi connectivity index (χ2v) is 9.13. The fraction of sp³-hybridized carbons (Fsp3) is 0.172. The van der Waals surface area contributed by atoms with Crippen molar-refractivity contribution in [2.24, 2.45) is 0 Å². The van der Waals surface area contributed by atoms with Gasteiger partial charge in [0.2, 0.25) is 0 Å². The SMILES string of the molecule is Cc1cc(-c2cnco2)cc(-c2nn(-c3cc(NCCCO)ccc3C(=O)C(F)(F)F)c(=O)c3ccccc23)c1. The van der Waals surface area contributed by atoms with E-state index in [1.165, 1.54) is 18.5 Å². The van der Waals surface area contributed by atoms with E-state index in [-0.39, 0.29) is 17.7 Å². The van der Waals surface area contributed by atoms with Gasteiger partial charge in [-0.25, -0.2) is 4.98 Å². The van der Waals surface area contributed by atoms with Crippen LogP contribution < -0.4 is 10.9 Å². The summed E-state index contributed by atoms with van der Waals surface area (Å²) in [7, 11) is 0. The minimum absolute atomic E-state index is 0.0912. The van der Waals surface area contributed by atoms with E-state index in [0.29, 0.717) is 46.6 Å². The first kappa shape index (κ1) is 26.8. The quantitative estimate of drug-likeness (QED) is 0.193. The van der Waals surface area contributed by atoms with Crippen LogP contribution in [-0.4, -0.2) is 45.0 Å². The lowest BCUT2D eigenvalue weighted by molar-refractivity contribution is -0.0885. The van der Waals surface area contributed by atoms with Gasteiger partial charge in [-0.15, -0.1) is 0 Å². The van der Waals surface area contributed by atoms with Crippen molar-refractivity contribution in [3.63, 3.8) is 0 Å². The van der Waals surface area contributed by atoms with Crippen molar-refractivity contribution in [3.8, 4) is 28.3 Å². The number of fused-ring (bicyclic) bond motifs is 1. The van der Waals surface area contributed by atoms with Gasteiger partial charge in [-0.2, -0.15) is 23.0 Å². The van der Waals surface area contributed by atoms with Crippen molar-refractivity contribution in [2.75, 3.05) is 18.5 Å². The zero-order chi connectivity index (χ0) is 28.4. The maximum Gasteiger partial charge on any atom is 0.454 e. The molecule has 0 atom stereocenters. The molecule has 0 aliphatic heterocycles. The Balaban J connectivity index is 1.78. The number of rotatable bonds is 8. The summed E-state index contributed by atoms with van der Waals surface area (Å²) in [6.07, 6.45) is -1.94. The molecule has 0 aliphatic carbocycles. The minimum atomic E-state index is -5.17. The van der Waals surface area contributed by atoms with E-state index >= 15 is 0 Å². The highest BCUT2D eigenvalue weighted by molar-refractivity contribution is 6.04. The molecule has 2 N–H and O–H groups in total. The number of aryl methyl sites for hydroxylation is 1. The molecule has 40 heavy (non-hydrogen) atoms. The molecular weight excluding hydrogens is 525 g/mol. The molecule has 0 bridgehead atoms. The van der Waals surface area contributed by atoms with E-state index < -0.39 is 23.1 Å². The van der Waals surface area contributed by atoms with Gasteiger partial charge in [-0.05, 0) is 61.4 Å². The molecule has 5 aromatic rings. The monoisotopic (exact) mass is 548 g/mol. The third-order valence-corrected chi connectivity index (χ3v) is 6.26. The number of hydrogen-bond donors (Lipinski definition) is 2. The molecule has 2 aromatic heterocycles. The maximum absolute atomic E-state index is 13.7. The normalized spacial score (nSPS) is 11.6. The number of halogens is 3. The van der Waals surface area contributed by atoms with Crippen molar-refractivity contribution in [1.82, 2.24) is 14.8 Å². The Labute approximate surface area is 225 Å². The fourth-order valence-corrected chi connectivity index (χ4v) is 4.46. The van der Waals surface area contributed by atoms with Gasteiger partial charge in [0.15, 0.2) is 12.2 Å². The predicted octanol–water partition coefficient (Wildman–Crippen LogP) is 5.56. The van der Waals surface area contributed by atoms with Gasteiger partial charge in [0.1, 0.15) is 0 Å². The highest BCUT2D eigenvalue weighted by Gasteiger charge is 2.41. The van der Waals surface area contributed by atoms with E-state index in [0.717, 1.165) is 16.3 Å². The molecule has 0 fully saturated rings. The number of aliphatic hydroxyl groups excluding tert-OH is 1. The number of carbonyl (C=O) groups excluding carboxylic acids is 1. The first-order valence-electron chi connectivity index (χ1n) is 12.3. The largest absolute Gasteiger partial charge is 0.454 e. The Morgan fingerprint density at radius 3 is 2.50 bits per heavy atom. The lowest BCUT2D eigenvalue weighted by Crippen LogP contribution is -2.28. The van der Waals surface area contributed by atoms with Gasteiger partial charge >= 0.3 is 6.18 Å². The van der Waals surface area contributed by atoms with Gasteiger partial charge < -0.3 is 14.8 Å². The second kappa shape index (κ2) is 10.8. The van der Waals surface area contributed by atoms with Gasteiger partial charge in [0, 0.05) is 35.4 Å². The molecule has 11 heteroatoms. The Morgan fingerprint density at radius 2 is 1.80 bits per heavy atom. The van der Waals surface area contributed by atoms with E-state index in [1.807, 2.05) is 19.1 Å². The average Bonchev–Trinajstić information content (AvgIpc) is 3.48. The van der Waals surface area contributed by atoms with Crippen LogP contribution in [0.15, 0.2) is 82.5 Å². The lowest BCUT2D eigenvalue weighted by atomic mass is 9.99. The molecule has 8 nitrogen and oxygen atoms in total. The lowest BCUT2D eigenvalue weighted by Gasteiger charge is -2.17. The first-order valence-corrected chi connectivity index (χ1v) is 12.3. The van der Waals surface area contributed by atoms with Crippen molar-refractivity contribution in [1.29, 1.82) is 0 Å². The highest BCUT2D eigenvalue weighted by Crippen LogP contribution is 2.32. The molecule has 0 saturated carbocycles. The molecule has 0 amide bonds. The molecule has 2 heterocycles. The van der Waals surface area contributed by atoms with Crippen LogP contribution in [0.25, 0.3) is 39.0 Å². The average molecular weight is 549 g/mol. The number of ketones is 1. The van der Waals surface area contributed by atoms with Crippen molar-refractivity contribution < 1.29 is 27.5 Å². The van der Waals surface area contributed by atoms with Crippen LogP contribution in [0, 0.1) is 6.92 Å². The number of oxazole rings is 1. The highest BCUT2D eigenvalue weighted by atomic mass is 19.4. The van der Waals surface area contributed by atoms with Crippen molar-refractivity contribution in [3.05, 3.63) is 94.7 Å². The van der Waals surface area contributed by atoms with Crippen molar-refractivity contribution >= 4 is 22.2 Å². The Bertz CT molecular complexity index is 1760. The summed E-state index contributed by atoms with van der Waals surface area (Å²) in [6.45, 7) is 2.09. The molecule has 204 valence electrons. The standard InChI is InChI=1S/C29H23F3N4O4/c1-17-11-18(25-15-33-16-40-25)13-19(12-17)26-21-5-2-3-6-22(21)28(39)36(35-26)24-14-20(34-9-4-10-37)7-8-23(24)27(38)29(30,31)32/h2-3,5-8,11-16,34,37H,4,9-10H2,1H3. The summed E-state index contributed by atoms with van der Waals surface area (Å²) in [5.74, 6) is -1.60. The number of aliphatic hydroxyl groups is 1. The number of nitrogens with one attached hydrogen (secondary N) is 1. The van der Waals surface area contributed by atoms with Gasteiger partial charge in [0.05, 0.1) is 28.5 Å². The van der Waals surface area contributed by atoms with Crippen LogP contribution in [0.3, 0.4) is 0 Å². The Kier molecular flexibility index (Phi) is 7.22. The van der Waals surface area contributed by atoms with Crippen LogP contribution in [-0.2, 0) is 0 Å². The number of nitrogens with zero attached hydrogens (tertiary/aromatic N) is 3.